The largest absolute Gasteiger partial charge is 0.301 e. The number of hydrogen-bond donors (Lipinski definition) is 0. The van der Waals surface area contributed by atoms with Gasteiger partial charge in [0.2, 0.25) is 0 Å². The molecule has 0 fully saturated rings. The summed E-state index contributed by atoms with van der Waals surface area (Å²) >= 11 is 0. The van der Waals surface area contributed by atoms with Gasteiger partial charge in [0.1, 0.15) is 0 Å². The van der Waals surface area contributed by atoms with Crippen molar-refractivity contribution < 1.29 is 0 Å². The van der Waals surface area contributed by atoms with Gasteiger partial charge >= 0.3 is 0 Å². The van der Waals surface area contributed by atoms with Gasteiger partial charge in [0, 0.05) is 41.3 Å². The molecule has 0 aliphatic rings. The molecule has 170 valence electrons. The Bertz CT molecular complexity index is 361. The molecule has 0 saturated heterocycles. The van der Waals surface area contributed by atoms with Gasteiger partial charge in [0.05, 0.1) is 0 Å². The zero-order chi connectivity index (χ0) is 22.6. The lowest BCUT2D eigenvalue weighted by atomic mass is 9.95. The van der Waals surface area contributed by atoms with Crippen molar-refractivity contribution in [1.82, 2.24) is 14.7 Å². The summed E-state index contributed by atoms with van der Waals surface area (Å²) in [5, 5.41) is 0. The van der Waals surface area contributed by atoms with Gasteiger partial charge in [-0.25, -0.2) is 0 Å². The predicted molar refractivity (Wildman–Crippen MR) is 128 cm³/mol. The molecule has 0 aromatic heterocycles. The molecule has 28 heavy (non-hydrogen) atoms. The minimum Gasteiger partial charge on any atom is -0.301 e. The fourth-order valence-electron chi connectivity index (χ4n) is 4.85. The molecule has 3 heteroatoms. The molecule has 0 heterocycles. The molecule has 0 spiro atoms. The summed E-state index contributed by atoms with van der Waals surface area (Å²) in [6.45, 7) is 37.4. The fraction of sp³-hybridized carbons (Fsp3) is 1.00. The molecule has 0 aliphatic carbocycles. The molecule has 0 unspecified atom stereocenters. The van der Waals surface area contributed by atoms with Crippen molar-refractivity contribution in [2.45, 2.75) is 138 Å². The first-order valence-electron chi connectivity index (χ1n) is 11.6. The van der Waals surface area contributed by atoms with Crippen LogP contribution in [0.15, 0.2) is 0 Å². The van der Waals surface area contributed by atoms with Crippen molar-refractivity contribution in [3.8, 4) is 0 Å². The summed E-state index contributed by atoms with van der Waals surface area (Å²) in [5.41, 5.74) is 0.837. The molecule has 0 aromatic rings. The predicted octanol–water partition coefficient (Wildman–Crippen LogP) is 6.28. The molecular weight excluding hydrogens is 342 g/mol. The van der Waals surface area contributed by atoms with E-state index in [1.807, 2.05) is 0 Å². The molecule has 0 N–H and O–H groups in total. The molecule has 0 atom stereocenters. The van der Waals surface area contributed by atoms with E-state index >= 15 is 0 Å². The average Bonchev–Trinajstić information content (AvgIpc) is 2.39. The standard InChI is InChI=1S/C25H55N3/c1-21(2)26(17-15-19-27(22(3,4)5)23(6,7)8)18-16-20-28(24(9,10)11)25(12,13)14/h21H,15-20H2,1-14H3. The van der Waals surface area contributed by atoms with Crippen molar-refractivity contribution in [3.05, 3.63) is 0 Å². The van der Waals surface area contributed by atoms with Crippen LogP contribution in [-0.4, -0.2) is 69.1 Å². The summed E-state index contributed by atoms with van der Waals surface area (Å²) in [6, 6.07) is 0.607. The lowest BCUT2D eigenvalue weighted by Crippen LogP contribution is -2.53. The summed E-state index contributed by atoms with van der Waals surface area (Å²) < 4.78 is 0. The maximum Gasteiger partial charge on any atom is 0.0130 e. The first-order valence-corrected chi connectivity index (χ1v) is 11.6. The summed E-state index contributed by atoms with van der Waals surface area (Å²) in [4.78, 5) is 7.98. The van der Waals surface area contributed by atoms with Gasteiger partial charge in [-0.15, -0.1) is 0 Å². The van der Waals surface area contributed by atoms with Crippen LogP contribution in [0.5, 0.6) is 0 Å². The van der Waals surface area contributed by atoms with E-state index in [4.69, 9.17) is 0 Å². The lowest BCUT2D eigenvalue weighted by molar-refractivity contribution is 0.0282. The zero-order valence-electron chi connectivity index (χ0n) is 22.2. The normalized spacial score (nSPS) is 14.8. The molecule has 0 amide bonds. The molecule has 0 aromatic carbocycles. The Morgan fingerprint density at radius 2 is 0.714 bits per heavy atom. The molecule has 0 radical (unpaired) electrons. The maximum atomic E-state index is 2.67. The van der Waals surface area contributed by atoms with Crippen molar-refractivity contribution in [2.24, 2.45) is 0 Å². The van der Waals surface area contributed by atoms with Crippen molar-refractivity contribution in [1.29, 1.82) is 0 Å². The highest BCUT2D eigenvalue weighted by molar-refractivity contribution is 4.88. The topological polar surface area (TPSA) is 9.72 Å². The Morgan fingerprint density at radius 1 is 0.464 bits per heavy atom. The highest BCUT2D eigenvalue weighted by Crippen LogP contribution is 2.26. The Balaban J connectivity index is 4.78. The van der Waals surface area contributed by atoms with Crippen LogP contribution >= 0.6 is 0 Å². The van der Waals surface area contributed by atoms with Gasteiger partial charge in [-0.1, -0.05) is 0 Å². The quantitative estimate of drug-likeness (QED) is 0.453. The van der Waals surface area contributed by atoms with E-state index in [1.165, 1.54) is 25.9 Å². The lowest BCUT2D eigenvalue weighted by Gasteiger charge is -2.46. The second kappa shape index (κ2) is 10.3. The van der Waals surface area contributed by atoms with Crippen molar-refractivity contribution >= 4 is 0 Å². The summed E-state index contributed by atoms with van der Waals surface area (Å²) in [7, 11) is 0. The number of rotatable bonds is 9. The molecule has 3 nitrogen and oxygen atoms in total. The van der Waals surface area contributed by atoms with Crippen molar-refractivity contribution in [2.75, 3.05) is 26.2 Å². The van der Waals surface area contributed by atoms with Crippen LogP contribution in [0.25, 0.3) is 0 Å². The summed E-state index contributed by atoms with van der Waals surface area (Å²) in [6.07, 6.45) is 2.46. The van der Waals surface area contributed by atoms with E-state index in [9.17, 15) is 0 Å². The van der Waals surface area contributed by atoms with E-state index in [1.54, 1.807) is 0 Å². The van der Waals surface area contributed by atoms with Crippen LogP contribution in [0.4, 0.5) is 0 Å². The Hall–Kier alpha value is -0.120. The van der Waals surface area contributed by atoms with Gasteiger partial charge in [0.15, 0.2) is 0 Å². The molecule has 0 bridgehead atoms. The summed E-state index contributed by atoms with van der Waals surface area (Å²) in [5.74, 6) is 0. The molecule has 0 aliphatic heterocycles. The minimum atomic E-state index is 0.209. The third kappa shape index (κ3) is 10.1. The van der Waals surface area contributed by atoms with E-state index in [0.29, 0.717) is 6.04 Å². The van der Waals surface area contributed by atoms with E-state index in [-0.39, 0.29) is 22.2 Å². The molecular formula is C25H55N3. The smallest absolute Gasteiger partial charge is 0.0130 e. The fourth-order valence-corrected chi connectivity index (χ4v) is 4.85. The van der Waals surface area contributed by atoms with Gasteiger partial charge in [-0.05, 0) is 123 Å². The minimum absolute atomic E-state index is 0.209. The highest BCUT2D eigenvalue weighted by Gasteiger charge is 2.32. The second-order valence-corrected chi connectivity index (χ2v) is 12.8. The van der Waals surface area contributed by atoms with E-state index < -0.39 is 0 Å². The first kappa shape index (κ1) is 27.9. The van der Waals surface area contributed by atoms with Gasteiger partial charge < -0.3 is 4.90 Å². The molecule has 0 rings (SSSR count). The number of nitrogens with zero attached hydrogens (tertiary/aromatic N) is 3. The molecule has 0 saturated carbocycles. The van der Waals surface area contributed by atoms with Crippen molar-refractivity contribution in [3.63, 3.8) is 0 Å². The zero-order valence-corrected chi connectivity index (χ0v) is 22.2. The monoisotopic (exact) mass is 397 g/mol. The maximum absolute atomic E-state index is 2.67. The van der Waals surface area contributed by atoms with E-state index in [0.717, 1.165) is 13.1 Å². The Labute approximate surface area is 179 Å². The van der Waals surface area contributed by atoms with Gasteiger partial charge in [0.25, 0.3) is 0 Å². The Kier molecular flexibility index (Phi) is 10.2. The van der Waals surface area contributed by atoms with Crippen LogP contribution in [0, 0.1) is 0 Å². The van der Waals surface area contributed by atoms with Gasteiger partial charge in [-0.3, -0.25) is 9.80 Å². The van der Waals surface area contributed by atoms with E-state index in [2.05, 4.69) is 112 Å². The van der Waals surface area contributed by atoms with Gasteiger partial charge in [-0.2, -0.15) is 0 Å². The van der Waals surface area contributed by atoms with Crippen LogP contribution in [0.3, 0.4) is 0 Å². The van der Waals surface area contributed by atoms with Crippen LogP contribution in [0.1, 0.15) is 110 Å². The Morgan fingerprint density at radius 3 is 0.893 bits per heavy atom. The third-order valence-corrected chi connectivity index (χ3v) is 5.62. The first-order chi connectivity index (χ1) is 12.3. The third-order valence-electron chi connectivity index (χ3n) is 5.62. The SMILES string of the molecule is CC(C)N(CCCN(C(C)(C)C)C(C)(C)C)CCCN(C(C)(C)C)C(C)(C)C. The van der Waals surface area contributed by atoms with Crippen LogP contribution < -0.4 is 0 Å². The average molecular weight is 398 g/mol. The van der Waals surface area contributed by atoms with Crippen LogP contribution in [-0.2, 0) is 0 Å². The second-order valence-electron chi connectivity index (χ2n) is 12.8. The highest BCUT2D eigenvalue weighted by atomic mass is 15.3. The number of hydrogen-bond acceptors (Lipinski definition) is 3. The van der Waals surface area contributed by atoms with Crippen LogP contribution in [0.2, 0.25) is 0 Å².